The highest BCUT2D eigenvalue weighted by molar-refractivity contribution is 5.83. The first-order chi connectivity index (χ1) is 11.8. The van der Waals surface area contributed by atoms with E-state index in [1.807, 2.05) is 24.3 Å². The number of likely N-dealkylation sites (tertiary alicyclic amines) is 1. The number of furan rings is 1. The normalized spacial score (nSPS) is 25.7. The summed E-state index contributed by atoms with van der Waals surface area (Å²) >= 11 is 0. The first kappa shape index (κ1) is 15.3. The van der Waals surface area contributed by atoms with Crippen LogP contribution in [0.4, 0.5) is 0 Å². The quantitative estimate of drug-likeness (QED) is 0.843. The molecule has 1 saturated heterocycles. The molecule has 4 heteroatoms. The molecular weight excluding hydrogens is 302 g/mol. The average molecular weight is 325 g/mol. The molecule has 1 aliphatic heterocycles. The van der Waals surface area contributed by atoms with Crippen LogP contribution in [0.2, 0.25) is 0 Å². The van der Waals surface area contributed by atoms with Gasteiger partial charge in [0.1, 0.15) is 11.5 Å². The van der Waals surface area contributed by atoms with Crippen molar-refractivity contribution in [2.24, 2.45) is 5.92 Å². The molecule has 4 rings (SSSR count). The molecule has 4 nitrogen and oxygen atoms in total. The molecule has 0 radical (unpaired) electrons. The summed E-state index contributed by atoms with van der Waals surface area (Å²) in [6, 6.07) is 12.4. The lowest BCUT2D eigenvalue weighted by atomic mass is 10.0. The molecule has 2 aliphatic rings. The molecule has 0 N–H and O–H groups in total. The van der Waals surface area contributed by atoms with E-state index >= 15 is 0 Å². The van der Waals surface area contributed by atoms with Crippen LogP contribution in [0.5, 0.6) is 5.75 Å². The SMILES string of the molecule is COc1ccc(C[C@@H]2CCCN2C(=O)[C@@H]2C[C@@H]2c2ccco2)cc1. The number of benzene rings is 1. The maximum Gasteiger partial charge on any atom is 0.226 e. The Kier molecular flexibility index (Phi) is 4.05. The zero-order valence-corrected chi connectivity index (χ0v) is 14.0. The van der Waals surface area contributed by atoms with E-state index in [-0.39, 0.29) is 11.8 Å². The van der Waals surface area contributed by atoms with Crippen LogP contribution in [0, 0.1) is 5.92 Å². The number of carbonyl (C=O) groups is 1. The minimum Gasteiger partial charge on any atom is -0.497 e. The zero-order valence-electron chi connectivity index (χ0n) is 14.0. The Labute approximate surface area is 142 Å². The monoisotopic (exact) mass is 325 g/mol. The Morgan fingerprint density at radius 1 is 1.29 bits per heavy atom. The van der Waals surface area contributed by atoms with E-state index in [0.717, 1.165) is 43.7 Å². The van der Waals surface area contributed by atoms with E-state index in [1.54, 1.807) is 13.4 Å². The summed E-state index contributed by atoms with van der Waals surface area (Å²) in [6.45, 7) is 0.890. The van der Waals surface area contributed by atoms with Gasteiger partial charge in [-0.2, -0.15) is 0 Å². The zero-order chi connectivity index (χ0) is 16.5. The summed E-state index contributed by atoms with van der Waals surface area (Å²) in [6.07, 6.45) is 5.74. The Balaban J connectivity index is 1.40. The first-order valence-corrected chi connectivity index (χ1v) is 8.73. The number of hydrogen-bond acceptors (Lipinski definition) is 3. The summed E-state index contributed by atoms with van der Waals surface area (Å²) < 4.78 is 10.7. The lowest BCUT2D eigenvalue weighted by molar-refractivity contribution is -0.133. The Bertz CT molecular complexity index is 692. The van der Waals surface area contributed by atoms with Crippen molar-refractivity contribution in [2.45, 2.75) is 37.6 Å². The minimum absolute atomic E-state index is 0.118. The van der Waals surface area contributed by atoms with Gasteiger partial charge in [0, 0.05) is 24.4 Å². The molecule has 1 aromatic heterocycles. The topological polar surface area (TPSA) is 42.7 Å². The highest BCUT2D eigenvalue weighted by atomic mass is 16.5. The second-order valence-corrected chi connectivity index (χ2v) is 6.84. The lowest BCUT2D eigenvalue weighted by Crippen LogP contribution is -2.38. The van der Waals surface area contributed by atoms with Crippen molar-refractivity contribution in [1.82, 2.24) is 4.90 Å². The Hall–Kier alpha value is -2.23. The summed E-state index contributed by atoms with van der Waals surface area (Å²) in [4.78, 5) is 15.0. The van der Waals surface area contributed by atoms with Gasteiger partial charge in [0.15, 0.2) is 0 Å². The van der Waals surface area contributed by atoms with Crippen LogP contribution in [-0.2, 0) is 11.2 Å². The van der Waals surface area contributed by atoms with Crippen LogP contribution >= 0.6 is 0 Å². The van der Waals surface area contributed by atoms with Crippen LogP contribution in [-0.4, -0.2) is 30.5 Å². The van der Waals surface area contributed by atoms with Crippen LogP contribution < -0.4 is 4.74 Å². The standard InChI is InChI=1S/C20H23NO3/c1-23-16-8-6-14(7-9-16)12-15-4-2-10-21(15)20(22)18-13-17(18)19-5-3-11-24-19/h3,5-9,11,15,17-18H,2,4,10,12-13H2,1H3/t15-,17-,18+/m0/s1. The van der Waals surface area contributed by atoms with Gasteiger partial charge in [-0.1, -0.05) is 12.1 Å². The third-order valence-corrected chi connectivity index (χ3v) is 5.31. The molecule has 1 saturated carbocycles. The van der Waals surface area contributed by atoms with Crippen LogP contribution in [0.15, 0.2) is 47.1 Å². The van der Waals surface area contributed by atoms with Crippen molar-refractivity contribution in [2.75, 3.05) is 13.7 Å². The van der Waals surface area contributed by atoms with Crippen LogP contribution in [0.3, 0.4) is 0 Å². The van der Waals surface area contributed by atoms with Crippen molar-refractivity contribution in [3.63, 3.8) is 0 Å². The summed E-state index contributed by atoms with van der Waals surface area (Å²) in [5.74, 6) is 2.55. The smallest absolute Gasteiger partial charge is 0.226 e. The molecule has 1 aliphatic carbocycles. The molecule has 0 bridgehead atoms. The third kappa shape index (κ3) is 2.93. The van der Waals surface area contributed by atoms with Gasteiger partial charge in [-0.15, -0.1) is 0 Å². The fourth-order valence-electron chi connectivity index (χ4n) is 3.87. The molecule has 0 unspecified atom stereocenters. The Morgan fingerprint density at radius 2 is 2.12 bits per heavy atom. The molecule has 1 amide bonds. The van der Waals surface area contributed by atoms with E-state index in [4.69, 9.17) is 9.15 Å². The molecule has 1 aromatic carbocycles. The number of nitrogens with zero attached hydrogens (tertiary/aromatic N) is 1. The number of hydrogen-bond donors (Lipinski definition) is 0. The van der Waals surface area contributed by atoms with Crippen LogP contribution in [0.1, 0.15) is 36.5 Å². The van der Waals surface area contributed by atoms with E-state index in [2.05, 4.69) is 17.0 Å². The summed E-state index contributed by atoms with van der Waals surface area (Å²) in [5.41, 5.74) is 1.26. The van der Waals surface area contributed by atoms with Crippen molar-refractivity contribution >= 4 is 5.91 Å². The predicted octanol–water partition coefficient (Wildman–Crippen LogP) is 3.63. The largest absolute Gasteiger partial charge is 0.497 e. The second kappa shape index (κ2) is 6.34. The van der Waals surface area contributed by atoms with Gasteiger partial charge in [0.25, 0.3) is 0 Å². The third-order valence-electron chi connectivity index (χ3n) is 5.31. The molecule has 0 spiro atoms. The maximum atomic E-state index is 12.9. The average Bonchev–Trinajstić information content (AvgIpc) is 3.00. The minimum atomic E-state index is 0.118. The first-order valence-electron chi connectivity index (χ1n) is 8.73. The fraction of sp³-hybridized carbons (Fsp3) is 0.450. The predicted molar refractivity (Wildman–Crippen MR) is 91.0 cm³/mol. The summed E-state index contributed by atoms with van der Waals surface area (Å²) in [7, 11) is 1.68. The van der Waals surface area contributed by atoms with E-state index in [1.165, 1.54) is 5.56 Å². The number of carbonyl (C=O) groups excluding carboxylic acids is 1. The fourth-order valence-corrected chi connectivity index (χ4v) is 3.87. The molecule has 2 fully saturated rings. The van der Waals surface area contributed by atoms with Gasteiger partial charge in [-0.05, 0) is 55.5 Å². The number of methoxy groups -OCH3 is 1. The van der Waals surface area contributed by atoms with E-state index in [0.29, 0.717) is 11.9 Å². The second-order valence-electron chi connectivity index (χ2n) is 6.84. The highest BCUT2D eigenvalue weighted by Crippen LogP contribution is 2.49. The highest BCUT2D eigenvalue weighted by Gasteiger charge is 2.49. The van der Waals surface area contributed by atoms with Crippen molar-refractivity contribution in [3.05, 3.63) is 54.0 Å². The van der Waals surface area contributed by atoms with E-state index in [9.17, 15) is 4.79 Å². The van der Waals surface area contributed by atoms with Gasteiger partial charge in [0.2, 0.25) is 5.91 Å². The van der Waals surface area contributed by atoms with Gasteiger partial charge < -0.3 is 14.1 Å². The molecule has 3 atom stereocenters. The van der Waals surface area contributed by atoms with Crippen LogP contribution in [0.25, 0.3) is 0 Å². The van der Waals surface area contributed by atoms with Gasteiger partial charge in [-0.25, -0.2) is 0 Å². The number of amides is 1. The number of rotatable bonds is 5. The van der Waals surface area contributed by atoms with Crippen molar-refractivity contribution < 1.29 is 13.9 Å². The van der Waals surface area contributed by atoms with E-state index < -0.39 is 0 Å². The number of ether oxygens (including phenoxy) is 1. The molecule has 2 heterocycles. The molecule has 126 valence electrons. The van der Waals surface area contributed by atoms with Crippen molar-refractivity contribution in [1.29, 1.82) is 0 Å². The molecule has 24 heavy (non-hydrogen) atoms. The Morgan fingerprint density at radius 3 is 2.83 bits per heavy atom. The maximum absolute atomic E-state index is 12.9. The van der Waals surface area contributed by atoms with Gasteiger partial charge in [-0.3, -0.25) is 4.79 Å². The van der Waals surface area contributed by atoms with Crippen molar-refractivity contribution in [3.8, 4) is 5.75 Å². The summed E-state index contributed by atoms with van der Waals surface area (Å²) in [5, 5.41) is 0. The molecular formula is C20H23NO3. The van der Waals surface area contributed by atoms with Gasteiger partial charge >= 0.3 is 0 Å². The van der Waals surface area contributed by atoms with Gasteiger partial charge in [0.05, 0.1) is 13.4 Å². The lowest BCUT2D eigenvalue weighted by Gasteiger charge is -2.25. The molecule has 2 aromatic rings.